The molecule has 0 aliphatic carbocycles. The number of hydrogen-bond donors (Lipinski definition) is 2. The van der Waals surface area contributed by atoms with Crippen LogP contribution in [-0.4, -0.2) is 11.8 Å². The maximum absolute atomic E-state index is 13.2. The van der Waals surface area contributed by atoms with Crippen molar-refractivity contribution < 1.29 is 14.0 Å². The molecule has 0 aliphatic rings. The van der Waals surface area contributed by atoms with Gasteiger partial charge in [-0.15, -0.1) is 0 Å². The fourth-order valence-electron chi connectivity index (χ4n) is 1.94. The molecule has 0 aromatic heterocycles. The maximum atomic E-state index is 13.2. The van der Waals surface area contributed by atoms with Crippen molar-refractivity contribution in [2.75, 3.05) is 10.6 Å². The Kier molecular flexibility index (Phi) is 4.92. The summed E-state index contributed by atoms with van der Waals surface area (Å²) in [6.07, 6.45) is 0. The van der Waals surface area contributed by atoms with Gasteiger partial charge in [-0.05, 0) is 64.8 Å². The molecule has 2 aromatic rings. The van der Waals surface area contributed by atoms with Crippen LogP contribution in [0.5, 0.6) is 0 Å². The van der Waals surface area contributed by atoms with Gasteiger partial charge in [0.1, 0.15) is 5.82 Å². The van der Waals surface area contributed by atoms with Gasteiger partial charge in [-0.3, -0.25) is 9.59 Å². The van der Waals surface area contributed by atoms with Crippen LogP contribution in [0.4, 0.5) is 15.8 Å². The summed E-state index contributed by atoms with van der Waals surface area (Å²) in [5.74, 6) is -1.06. The van der Waals surface area contributed by atoms with Gasteiger partial charge in [0.25, 0.3) is 5.91 Å². The van der Waals surface area contributed by atoms with Crippen LogP contribution in [0.1, 0.15) is 22.8 Å². The largest absolute Gasteiger partial charge is 0.326 e. The van der Waals surface area contributed by atoms with Crippen molar-refractivity contribution in [1.82, 2.24) is 0 Å². The van der Waals surface area contributed by atoms with Crippen LogP contribution in [0, 0.1) is 12.7 Å². The fourth-order valence-corrected chi connectivity index (χ4v) is 2.37. The van der Waals surface area contributed by atoms with Crippen molar-refractivity contribution >= 4 is 39.1 Å². The van der Waals surface area contributed by atoms with Crippen LogP contribution in [0.25, 0.3) is 0 Å². The van der Waals surface area contributed by atoms with Gasteiger partial charge in [-0.1, -0.05) is 0 Å². The maximum Gasteiger partial charge on any atom is 0.256 e. The molecule has 0 fully saturated rings. The van der Waals surface area contributed by atoms with E-state index >= 15 is 0 Å². The lowest BCUT2D eigenvalue weighted by atomic mass is 10.1. The zero-order chi connectivity index (χ0) is 16.3. The third kappa shape index (κ3) is 3.92. The highest BCUT2D eigenvalue weighted by Gasteiger charge is 2.12. The molecule has 2 rings (SSSR count). The highest BCUT2D eigenvalue weighted by atomic mass is 79.9. The molecule has 0 saturated carbocycles. The van der Waals surface area contributed by atoms with Crippen LogP contribution >= 0.6 is 15.9 Å². The second kappa shape index (κ2) is 6.70. The van der Waals surface area contributed by atoms with Gasteiger partial charge in [0, 0.05) is 22.8 Å². The minimum Gasteiger partial charge on any atom is -0.326 e. The highest BCUT2D eigenvalue weighted by molar-refractivity contribution is 9.10. The van der Waals surface area contributed by atoms with E-state index in [4.69, 9.17) is 0 Å². The Morgan fingerprint density at radius 2 is 1.82 bits per heavy atom. The summed E-state index contributed by atoms with van der Waals surface area (Å²) in [5.41, 5.74) is 2.26. The first kappa shape index (κ1) is 16.2. The van der Waals surface area contributed by atoms with E-state index in [1.807, 2.05) is 6.92 Å². The van der Waals surface area contributed by atoms with Crippen molar-refractivity contribution in [3.05, 3.63) is 57.8 Å². The smallest absolute Gasteiger partial charge is 0.256 e. The quantitative estimate of drug-likeness (QED) is 0.860. The number of amides is 2. The molecule has 0 heterocycles. The van der Waals surface area contributed by atoms with Gasteiger partial charge in [-0.2, -0.15) is 0 Å². The summed E-state index contributed by atoms with van der Waals surface area (Å²) in [4.78, 5) is 23.2. The first-order chi connectivity index (χ1) is 10.4. The van der Waals surface area contributed by atoms with Crippen molar-refractivity contribution in [2.24, 2.45) is 0 Å². The van der Waals surface area contributed by atoms with E-state index in [9.17, 15) is 14.0 Å². The second-order valence-electron chi connectivity index (χ2n) is 4.79. The Bertz CT molecular complexity index is 747. The monoisotopic (exact) mass is 364 g/mol. The third-order valence-corrected chi connectivity index (χ3v) is 3.66. The van der Waals surface area contributed by atoms with Crippen molar-refractivity contribution in [2.45, 2.75) is 13.8 Å². The number of hydrogen-bond acceptors (Lipinski definition) is 2. The van der Waals surface area contributed by atoms with Crippen LogP contribution in [0.15, 0.2) is 40.9 Å². The Morgan fingerprint density at radius 3 is 2.45 bits per heavy atom. The Labute approximate surface area is 135 Å². The molecule has 0 aliphatic heterocycles. The van der Waals surface area contributed by atoms with E-state index in [0.29, 0.717) is 15.8 Å². The summed E-state index contributed by atoms with van der Waals surface area (Å²) in [6, 6.07) is 9.02. The molecule has 2 N–H and O–H groups in total. The van der Waals surface area contributed by atoms with E-state index in [1.165, 1.54) is 19.1 Å². The number of carbonyl (C=O) groups excluding carboxylic acids is 2. The number of rotatable bonds is 3. The van der Waals surface area contributed by atoms with Gasteiger partial charge in [0.15, 0.2) is 0 Å². The van der Waals surface area contributed by atoms with E-state index in [0.717, 1.165) is 11.6 Å². The van der Waals surface area contributed by atoms with Gasteiger partial charge < -0.3 is 10.6 Å². The van der Waals surface area contributed by atoms with E-state index in [2.05, 4.69) is 26.6 Å². The molecule has 2 aromatic carbocycles. The Balaban J connectivity index is 2.20. The minimum absolute atomic E-state index is 0.163. The average Bonchev–Trinajstić information content (AvgIpc) is 2.44. The summed E-state index contributed by atoms with van der Waals surface area (Å²) < 4.78 is 13.8. The van der Waals surface area contributed by atoms with E-state index in [1.54, 1.807) is 18.2 Å². The third-order valence-electron chi connectivity index (χ3n) is 2.97. The van der Waals surface area contributed by atoms with Crippen LogP contribution in [-0.2, 0) is 4.79 Å². The predicted molar refractivity (Wildman–Crippen MR) is 87.5 cm³/mol. The number of carbonyl (C=O) groups is 2. The van der Waals surface area contributed by atoms with Crippen LogP contribution < -0.4 is 10.6 Å². The molecule has 22 heavy (non-hydrogen) atoms. The number of aryl methyl sites for hydroxylation is 1. The summed E-state index contributed by atoms with van der Waals surface area (Å²) in [7, 11) is 0. The normalized spacial score (nSPS) is 10.2. The molecule has 0 saturated heterocycles. The van der Waals surface area contributed by atoms with E-state index in [-0.39, 0.29) is 11.5 Å². The first-order valence-corrected chi connectivity index (χ1v) is 7.31. The number of benzene rings is 2. The minimum atomic E-state index is -0.481. The van der Waals surface area contributed by atoms with Crippen LogP contribution in [0.3, 0.4) is 0 Å². The Morgan fingerprint density at radius 1 is 1.09 bits per heavy atom. The molecule has 0 bridgehead atoms. The lowest BCUT2D eigenvalue weighted by Gasteiger charge is -2.11. The highest BCUT2D eigenvalue weighted by Crippen LogP contribution is 2.22. The van der Waals surface area contributed by atoms with Gasteiger partial charge in [0.05, 0.1) is 5.56 Å². The molecule has 0 radical (unpaired) electrons. The lowest BCUT2D eigenvalue weighted by Crippen LogP contribution is -2.13. The predicted octanol–water partition coefficient (Wildman–Crippen LogP) is 4.11. The zero-order valence-electron chi connectivity index (χ0n) is 12.0. The molecule has 114 valence electrons. The molecule has 0 unspecified atom stereocenters. The molecule has 6 heteroatoms. The lowest BCUT2D eigenvalue weighted by molar-refractivity contribution is -0.114. The number of anilines is 2. The van der Waals surface area contributed by atoms with Gasteiger partial charge in [-0.25, -0.2) is 4.39 Å². The number of nitrogens with one attached hydrogen (secondary N) is 2. The molecule has 4 nitrogen and oxygen atoms in total. The topological polar surface area (TPSA) is 58.2 Å². The standard InChI is InChI=1S/C16H14BrFN2O2/c1-9-7-12(4-6-15(9)19-10(2)21)20-16(22)13-8-11(18)3-5-14(13)17/h3-8H,1-2H3,(H,19,21)(H,20,22). The van der Waals surface area contributed by atoms with E-state index < -0.39 is 11.7 Å². The average molecular weight is 365 g/mol. The second-order valence-corrected chi connectivity index (χ2v) is 5.64. The van der Waals surface area contributed by atoms with Crippen LogP contribution in [0.2, 0.25) is 0 Å². The summed E-state index contributed by atoms with van der Waals surface area (Å²) >= 11 is 3.22. The molecule has 2 amide bonds. The molecular weight excluding hydrogens is 351 g/mol. The summed E-state index contributed by atoms with van der Waals surface area (Å²) in [5, 5.41) is 5.39. The Hall–Kier alpha value is -2.21. The fraction of sp³-hybridized carbons (Fsp3) is 0.125. The van der Waals surface area contributed by atoms with Crippen molar-refractivity contribution in [3.8, 4) is 0 Å². The van der Waals surface area contributed by atoms with Gasteiger partial charge >= 0.3 is 0 Å². The molecule has 0 atom stereocenters. The SMILES string of the molecule is CC(=O)Nc1ccc(NC(=O)c2cc(F)ccc2Br)cc1C. The molecule has 0 spiro atoms. The van der Waals surface area contributed by atoms with Crippen molar-refractivity contribution in [3.63, 3.8) is 0 Å². The van der Waals surface area contributed by atoms with Crippen molar-refractivity contribution in [1.29, 1.82) is 0 Å². The summed E-state index contributed by atoms with van der Waals surface area (Å²) in [6.45, 7) is 3.25. The first-order valence-electron chi connectivity index (χ1n) is 6.51. The zero-order valence-corrected chi connectivity index (χ0v) is 13.6. The van der Waals surface area contributed by atoms with Gasteiger partial charge in [0.2, 0.25) is 5.91 Å². The molecular formula is C16H14BrFN2O2. The number of halogens is 2.